The molecule has 0 saturated heterocycles. The third-order valence-corrected chi connectivity index (χ3v) is 6.84. The highest BCUT2D eigenvalue weighted by Crippen LogP contribution is 2.44. The smallest absolute Gasteiger partial charge is 0.188 e. The van der Waals surface area contributed by atoms with E-state index in [0.29, 0.717) is 23.8 Å². The first kappa shape index (κ1) is 18.9. The Morgan fingerprint density at radius 3 is 2.46 bits per heavy atom. The zero-order chi connectivity index (χ0) is 19.6. The standard InChI is InChI=1S/C23H25NO3S/c1-28(25,26)21-14-12-20(13-15-21)23(19-10-6-3-7-11-19)17-27-22(24-23)16-18-8-4-2-5-9-18/h2-6,8-9,12-15,19H,7,10-11,16-17H2,1H3. The first-order chi connectivity index (χ1) is 13.5. The van der Waals surface area contributed by atoms with Crippen LogP contribution in [0.25, 0.3) is 0 Å². The summed E-state index contributed by atoms with van der Waals surface area (Å²) in [5.74, 6) is 1.10. The summed E-state index contributed by atoms with van der Waals surface area (Å²) in [6, 6.07) is 17.4. The zero-order valence-corrected chi connectivity index (χ0v) is 16.9. The van der Waals surface area contributed by atoms with Gasteiger partial charge in [0.1, 0.15) is 12.1 Å². The van der Waals surface area contributed by atoms with Gasteiger partial charge in [0.15, 0.2) is 15.7 Å². The Balaban J connectivity index is 1.70. The molecule has 1 heterocycles. The van der Waals surface area contributed by atoms with E-state index in [9.17, 15) is 8.42 Å². The van der Waals surface area contributed by atoms with Gasteiger partial charge < -0.3 is 4.74 Å². The summed E-state index contributed by atoms with van der Waals surface area (Å²) in [6.45, 7) is 0.506. The van der Waals surface area contributed by atoms with Gasteiger partial charge in [-0.05, 0) is 48.4 Å². The van der Waals surface area contributed by atoms with E-state index in [1.165, 1.54) is 11.8 Å². The van der Waals surface area contributed by atoms with E-state index in [2.05, 4.69) is 24.3 Å². The minimum Gasteiger partial charge on any atom is -0.478 e. The van der Waals surface area contributed by atoms with Crippen molar-refractivity contribution in [1.29, 1.82) is 0 Å². The van der Waals surface area contributed by atoms with E-state index >= 15 is 0 Å². The van der Waals surface area contributed by atoms with Crippen LogP contribution in [0.4, 0.5) is 0 Å². The van der Waals surface area contributed by atoms with Crippen molar-refractivity contribution < 1.29 is 13.2 Å². The van der Waals surface area contributed by atoms with Crippen LogP contribution in [-0.4, -0.2) is 27.2 Å². The number of sulfone groups is 1. The predicted molar refractivity (Wildman–Crippen MR) is 111 cm³/mol. The average Bonchev–Trinajstić information content (AvgIpc) is 3.14. The van der Waals surface area contributed by atoms with Gasteiger partial charge in [0.2, 0.25) is 0 Å². The fourth-order valence-corrected chi connectivity index (χ4v) is 4.78. The molecule has 0 fully saturated rings. The number of hydrogen-bond acceptors (Lipinski definition) is 4. The SMILES string of the molecule is CS(=O)(=O)c1ccc(C2(C3CC=CCC3)COC(Cc3ccccc3)=N2)cc1. The Morgan fingerprint density at radius 2 is 1.82 bits per heavy atom. The molecule has 0 N–H and O–H groups in total. The summed E-state index contributed by atoms with van der Waals surface area (Å²) in [7, 11) is -3.22. The molecule has 4 nitrogen and oxygen atoms in total. The Morgan fingerprint density at radius 1 is 1.07 bits per heavy atom. The van der Waals surface area contributed by atoms with Gasteiger partial charge in [-0.25, -0.2) is 13.4 Å². The van der Waals surface area contributed by atoms with E-state index in [-0.39, 0.29) is 0 Å². The molecular weight excluding hydrogens is 370 g/mol. The molecular formula is C23H25NO3S. The average molecular weight is 396 g/mol. The second-order valence-corrected chi connectivity index (χ2v) is 9.67. The van der Waals surface area contributed by atoms with Crippen LogP contribution in [0.15, 0.2) is 76.6 Å². The molecule has 146 valence electrons. The van der Waals surface area contributed by atoms with E-state index in [1.807, 2.05) is 30.3 Å². The number of allylic oxidation sites excluding steroid dienone is 2. The van der Waals surface area contributed by atoms with Crippen LogP contribution in [0.5, 0.6) is 0 Å². The molecule has 5 heteroatoms. The molecule has 2 aromatic carbocycles. The first-order valence-corrected chi connectivity index (χ1v) is 11.6. The second kappa shape index (κ2) is 7.55. The molecule has 2 aliphatic rings. The molecule has 1 aliphatic heterocycles. The lowest BCUT2D eigenvalue weighted by atomic mass is 9.73. The number of rotatable bonds is 5. The molecule has 2 atom stereocenters. The fourth-order valence-electron chi connectivity index (χ4n) is 4.15. The van der Waals surface area contributed by atoms with Crippen molar-refractivity contribution in [1.82, 2.24) is 0 Å². The Hall–Kier alpha value is -2.40. The number of benzene rings is 2. The highest BCUT2D eigenvalue weighted by atomic mass is 32.2. The fraction of sp³-hybridized carbons (Fsp3) is 0.348. The molecule has 0 bridgehead atoms. The van der Waals surface area contributed by atoms with Crippen molar-refractivity contribution in [3.63, 3.8) is 0 Å². The molecule has 28 heavy (non-hydrogen) atoms. The molecule has 1 aliphatic carbocycles. The van der Waals surface area contributed by atoms with Crippen LogP contribution in [0.1, 0.15) is 30.4 Å². The summed E-state index contributed by atoms with van der Waals surface area (Å²) >= 11 is 0. The topological polar surface area (TPSA) is 55.7 Å². The van der Waals surface area contributed by atoms with Crippen LogP contribution < -0.4 is 0 Å². The minimum atomic E-state index is -3.22. The Bertz CT molecular complexity index is 994. The molecule has 0 radical (unpaired) electrons. The van der Waals surface area contributed by atoms with Crippen LogP contribution in [0.2, 0.25) is 0 Å². The van der Waals surface area contributed by atoms with Crippen molar-refractivity contribution in [2.75, 3.05) is 12.9 Å². The van der Waals surface area contributed by atoms with E-state index < -0.39 is 15.4 Å². The van der Waals surface area contributed by atoms with E-state index in [4.69, 9.17) is 9.73 Å². The maximum absolute atomic E-state index is 11.8. The molecule has 0 amide bonds. The lowest BCUT2D eigenvalue weighted by Crippen LogP contribution is -2.35. The normalized spacial score (nSPS) is 24.6. The van der Waals surface area contributed by atoms with Crippen molar-refractivity contribution in [3.05, 3.63) is 77.9 Å². The van der Waals surface area contributed by atoms with Gasteiger partial charge in [-0.2, -0.15) is 0 Å². The summed E-state index contributed by atoms with van der Waals surface area (Å²) < 4.78 is 29.8. The number of aliphatic imine (C=N–C) groups is 1. The number of ether oxygens (including phenoxy) is 1. The highest BCUT2D eigenvalue weighted by molar-refractivity contribution is 7.90. The monoisotopic (exact) mass is 395 g/mol. The van der Waals surface area contributed by atoms with Crippen molar-refractivity contribution >= 4 is 15.7 Å². The van der Waals surface area contributed by atoms with Gasteiger partial charge in [-0.1, -0.05) is 54.6 Å². The maximum Gasteiger partial charge on any atom is 0.188 e. The summed E-state index contributed by atoms with van der Waals surface area (Å²) in [5.41, 5.74) is 1.75. The van der Waals surface area contributed by atoms with Crippen molar-refractivity contribution in [2.24, 2.45) is 10.9 Å². The molecule has 4 rings (SSSR count). The lowest BCUT2D eigenvalue weighted by molar-refractivity contribution is 0.179. The first-order valence-electron chi connectivity index (χ1n) is 9.68. The van der Waals surface area contributed by atoms with Crippen LogP contribution in [0.3, 0.4) is 0 Å². The Kier molecular flexibility index (Phi) is 5.11. The molecule has 0 spiro atoms. The van der Waals surface area contributed by atoms with Crippen LogP contribution in [0, 0.1) is 5.92 Å². The zero-order valence-electron chi connectivity index (χ0n) is 16.0. The van der Waals surface area contributed by atoms with E-state index in [1.54, 1.807) is 12.1 Å². The van der Waals surface area contributed by atoms with Crippen molar-refractivity contribution in [2.45, 2.75) is 36.1 Å². The highest BCUT2D eigenvalue weighted by Gasteiger charge is 2.45. The summed E-state index contributed by atoms with van der Waals surface area (Å²) in [5, 5.41) is 0. The molecule has 0 aromatic heterocycles. The quantitative estimate of drug-likeness (QED) is 0.709. The Labute approximate surface area is 166 Å². The van der Waals surface area contributed by atoms with Crippen LogP contribution in [-0.2, 0) is 26.5 Å². The van der Waals surface area contributed by atoms with Gasteiger partial charge in [0, 0.05) is 12.7 Å². The largest absolute Gasteiger partial charge is 0.478 e. The predicted octanol–water partition coefficient (Wildman–Crippen LogP) is 4.31. The summed E-state index contributed by atoms with van der Waals surface area (Å²) in [4.78, 5) is 5.45. The van der Waals surface area contributed by atoms with Gasteiger partial charge in [-0.15, -0.1) is 0 Å². The van der Waals surface area contributed by atoms with E-state index in [0.717, 1.165) is 30.7 Å². The van der Waals surface area contributed by atoms with Crippen molar-refractivity contribution in [3.8, 4) is 0 Å². The molecule has 2 unspecified atom stereocenters. The van der Waals surface area contributed by atoms with Gasteiger partial charge in [-0.3, -0.25) is 0 Å². The molecule has 2 aromatic rings. The number of nitrogens with zero attached hydrogens (tertiary/aromatic N) is 1. The molecule has 0 saturated carbocycles. The van der Waals surface area contributed by atoms with Crippen LogP contribution >= 0.6 is 0 Å². The van der Waals surface area contributed by atoms with Gasteiger partial charge in [0.25, 0.3) is 0 Å². The second-order valence-electron chi connectivity index (χ2n) is 7.66. The minimum absolute atomic E-state index is 0.336. The van der Waals surface area contributed by atoms with Gasteiger partial charge in [0.05, 0.1) is 4.90 Å². The summed E-state index contributed by atoms with van der Waals surface area (Å²) in [6.07, 6.45) is 9.41. The number of hydrogen-bond donors (Lipinski definition) is 0. The maximum atomic E-state index is 11.8. The third-order valence-electron chi connectivity index (χ3n) is 5.71. The van der Waals surface area contributed by atoms with Gasteiger partial charge >= 0.3 is 0 Å². The third kappa shape index (κ3) is 3.76. The lowest BCUT2D eigenvalue weighted by Gasteiger charge is -2.35.